The van der Waals surface area contributed by atoms with Gasteiger partial charge in [0.15, 0.2) is 0 Å². The second-order valence-corrected chi connectivity index (χ2v) is 9.40. The second-order valence-electron chi connectivity index (χ2n) is 9.40. The first-order valence-corrected chi connectivity index (χ1v) is 12.1. The normalized spacial score (nSPS) is 14.7. The summed E-state index contributed by atoms with van der Waals surface area (Å²) >= 11 is 0. The van der Waals surface area contributed by atoms with E-state index in [-0.39, 0.29) is 23.5 Å². The van der Waals surface area contributed by atoms with Gasteiger partial charge in [-0.25, -0.2) is 9.37 Å². The summed E-state index contributed by atoms with van der Waals surface area (Å²) in [6, 6.07) is 25.1. The molecule has 5 rings (SSSR count). The van der Waals surface area contributed by atoms with Crippen LogP contribution >= 0.6 is 0 Å². The third-order valence-corrected chi connectivity index (χ3v) is 7.11. The largest absolute Gasteiger partial charge is 0.292 e. The van der Waals surface area contributed by atoms with Gasteiger partial charge >= 0.3 is 0 Å². The van der Waals surface area contributed by atoms with E-state index in [0.717, 1.165) is 28.9 Å². The Bertz CT molecular complexity index is 1360. The molecule has 0 aliphatic carbocycles. The van der Waals surface area contributed by atoms with E-state index in [1.165, 1.54) is 0 Å². The molecule has 1 aromatic heterocycles. The quantitative estimate of drug-likeness (QED) is 0.375. The molecule has 0 saturated carbocycles. The van der Waals surface area contributed by atoms with Gasteiger partial charge < -0.3 is 0 Å². The Kier molecular flexibility index (Phi) is 6.35. The first-order valence-electron chi connectivity index (χ1n) is 12.1. The van der Waals surface area contributed by atoms with Crippen LogP contribution < -0.4 is 5.56 Å². The lowest BCUT2D eigenvalue weighted by atomic mass is 9.97. The first kappa shape index (κ1) is 23.2. The minimum absolute atomic E-state index is 0.0218. The number of halogens is 1. The SMILES string of the molecule is Cc1ccc([C@@H](C)N2CCc3nc(C)n(C(c4ccccc4)c4ccccc4)c(=O)c3C2)c(F)c1. The Balaban J connectivity index is 1.58. The number of benzene rings is 3. The van der Waals surface area contributed by atoms with Crippen molar-refractivity contribution in [1.29, 1.82) is 0 Å². The van der Waals surface area contributed by atoms with E-state index in [4.69, 9.17) is 4.98 Å². The van der Waals surface area contributed by atoms with E-state index >= 15 is 0 Å². The van der Waals surface area contributed by atoms with Gasteiger partial charge in [-0.15, -0.1) is 0 Å². The first-order chi connectivity index (χ1) is 16.9. The van der Waals surface area contributed by atoms with Gasteiger partial charge in [-0.3, -0.25) is 14.3 Å². The van der Waals surface area contributed by atoms with Crippen LogP contribution in [0.3, 0.4) is 0 Å². The topological polar surface area (TPSA) is 38.1 Å². The van der Waals surface area contributed by atoms with Crippen molar-refractivity contribution in [3.05, 3.63) is 134 Å². The predicted octanol–water partition coefficient (Wildman–Crippen LogP) is 5.76. The number of hydrogen-bond donors (Lipinski definition) is 0. The average Bonchev–Trinajstić information content (AvgIpc) is 2.87. The van der Waals surface area contributed by atoms with Gasteiger partial charge in [-0.1, -0.05) is 72.8 Å². The lowest BCUT2D eigenvalue weighted by molar-refractivity contribution is 0.185. The maximum atomic E-state index is 14.7. The molecule has 0 radical (unpaired) electrons. The van der Waals surface area contributed by atoms with Crippen LogP contribution in [0.4, 0.5) is 4.39 Å². The van der Waals surface area contributed by atoms with E-state index in [1.54, 1.807) is 6.07 Å². The summed E-state index contributed by atoms with van der Waals surface area (Å²) < 4.78 is 16.5. The summed E-state index contributed by atoms with van der Waals surface area (Å²) in [6.45, 7) is 7.00. The van der Waals surface area contributed by atoms with Crippen LogP contribution in [0.15, 0.2) is 83.7 Å². The van der Waals surface area contributed by atoms with Crippen molar-refractivity contribution in [3.63, 3.8) is 0 Å². The highest BCUT2D eigenvalue weighted by Crippen LogP contribution is 2.30. The molecule has 1 aliphatic rings. The maximum Gasteiger partial charge on any atom is 0.259 e. The maximum absolute atomic E-state index is 14.7. The zero-order valence-corrected chi connectivity index (χ0v) is 20.4. The van der Waals surface area contributed by atoms with Crippen LogP contribution in [-0.2, 0) is 13.0 Å². The van der Waals surface area contributed by atoms with Crippen molar-refractivity contribution in [2.24, 2.45) is 0 Å². The molecule has 4 nitrogen and oxygen atoms in total. The van der Waals surface area contributed by atoms with Gasteiger partial charge in [0, 0.05) is 31.1 Å². The lowest BCUT2D eigenvalue weighted by Gasteiger charge is -2.34. The van der Waals surface area contributed by atoms with Crippen LogP contribution in [0, 0.1) is 19.7 Å². The van der Waals surface area contributed by atoms with E-state index in [9.17, 15) is 9.18 Å². The fraction of sp³-hybridized carbons (Fsp3) is 0.267. The Morgan fingerprint density at radius 2 is 1.54 bits per heavy atom. The molecule has 1 aliphatic heterocycles. The number of fused-ring (bicyclic) bond motifs is 1. The van der Waals surface area contributed by atoms with Crippen LogP contribution in [0.2, 0.25) is 0 Å². The van der Waals surface area contributed by atoms with Gasteiger partial charge in [0.05, 0.1) is 17.3 Å². The van der Waals surface area contributed by atoms with Crippen LogP contribution in [0.1, 0.15) is 58.3 Å². The van der Waals surface area contributed by atoms with Crippen LogP contribution in [0.25, 0.3) is 0 Å². The van der Waals surface area contributed by atoms with Gasteiger partial charge in [0.1, 0.15) is 11.6 Å². The molecule has 0 bridgehead atoms. The molecule has 2 heterocycles. The number of aryl methyl sites for hydroxylation is 2. The molecule has 1 atom stereocenters. The second kappa shape index (κ2) is 9.59. The van der Waals surface area contributed by atoms with Gasteiger partial charge in [0.2, 0.25) is 0 Å². The average molecular weight is 468 g/mol. The molecule has 3 aromatic carbocycles. The molecule has 178 valence electrons. The lowest BCUT2D eigenvalue weighted by Crippen LogP contribution is -2.41. The standard InChI is InChI=1S/C30H30FN3O/c1-20-14-15-25(27(31)18-20)21(2)33-17-16-28-26(19-33)30(35)34(22(3)32-28)29(23-10-6-4-7-11-23)24-12-8-5-9-13-24/h4-15,18,21,29H,16-17,19H2,1-3H3/t21-/m1/s1. The Labute approximate surface area is 205 Å². The van der Waals surface area contributed by atoms with Gasteiger partial charge in [-0.2, -0.15) is 0 Å². The molecule has 35 heavy (non-hydrogen) atoms. The van der Waals surface area contributed by atoms with Crippen molar-refractivity contribution >= 4 is 0 Å². The van der Waals surface area contributed by atoms with Crippen LogP contribution in [-0.4, -0.2) is 21.0 Å². The minimum atomic E-state index is -0.273. The molecular weight excluding hydrogens is 437 g/mol. The summed E-state index contributed by atoms with van der Waals surface area (Å²) in [5.41, 5.74) is 5.17. The van der Waals surface area contributed by atoms with Gasteiger partial charge in [0.25, 0.3) is 5.56 Å². The molecule has 0 amide bonds. The van der Waals surface area contributed by atoms with Crippen molar-refractivity contribution < 1.29 is 4.39 Å². The fourth-order valence-corrected chi connectivity index (χ4v) is 5.19. The molecule has 0 unspecified atom stereocenters. The highest BCUT2D eigenvalue weighted by molar-refractivity contribution is 5.35. The minimum Gasteiger partial charge on any atom is -0.292 e. The number of rotatable bonds is 5. The predicted molar refractivity (Wildman–Crippen MR) is 137 cm³/mol. The highest BCUT2D eigenvalue weighted by Gasteiger charge is 2.29. The summed E-state index contributed by atoms with van der Waals surface area (Å²) in [7, 11) is 0. The Hall–Kier alpha value is -3.57. The monoisotopic (exact) mass is 467 g/mol. The third-order valence-electron chi connectivity index (χ3n) is 7.11. The summed E-state index contributed by atoms with van der Waals surface area (Å²) in [6.07, 6.45) is 0.672. The zero-order valence-electron chi connectivity index (χ0n) is 20.4. The molecule has 0 N–H and O–H groups in total. The highest BCUT2D eigenvalue weighted by atomic mass is 19.1. The number of hydrogen-bond acceptors (Lipinski definition) is 3. The smallest absolute Gasteiger partial charge is 0.259 e. The summed E-state index contributed by atoms with van der Waals surface area (Å²) in [5, 5.41) is 0. The Morgan fingerprint density at radius 1 is 0.914 bits per heavy atom. The molecule has 0 saturated heterocycles. The number of aromatic nitrogens is 2. The third kappa shape index (κ3) is 4.44. The number of nitrogens with zero attached hydrogens (tertiary/aromatic N) is 3. The zero-order chi connectivity index (χ0) is 24.5. The van der Waals surface area contributed by atoms with E-state index in [1.807, 2.05) is 73.9 Å². The van der Waals surface area contributed by atoms with Crippen LogP contribution in [0.5, 0.6) is 0 Å². The van der Waals surface area contributed by atoms with E-state index in [0.29, 0.717) is 29.9 Å². The molecular formula is C30H30FN3O. The Morgan fingerprint density at radius 3 is 2.14 bits per heavy atom. The summed E-state index contributed by atoms with van der Waals surface area (Å²) in [4.78, 5) is 21.1. The molecule has 0 fully saturated rings. The van der Waals surface area contributed by atoms with Crippen molar-refractivity contribution in [2.45, 2.75) is 45.8 Å². The molecule has 4 aromatic rings. The van der Waals surface area contributed by atoms with Crippen molar-refractivity contribution in [3.8, 4) is 0 Å². The van der Waals surface area contributed by atoms with E-state index in [2.05, 4.69) is 29.2 Å². The molecule has 0 spiro atoms. The van der Waals surface area contributed by atoms with E-state index < -0.39 is 0 Å². The van der Waals surface area contributed by atoms with Crippen molar-refractivity contribution in [2.75, 3.05) is 6.54 Å². The fourth-order valence-electron chi connectivity index (χ4n) is 5.19. The van der Waals surface area contributed by atoms with Crippen molar-refractivity contribution in [1.82, 2.24) is 14.5 Å². The van der Waals surface area contributed by atoms with Gasteiger partial charge in [-0.05, 0) is 43.5 Å². The molecule has 5 heteroatoms. The summed E-state index contributed by atoms with van der Waals surface area (Å²) in [5.74, 6) is 0.508.